The number of benzene rings is 1. The van der Waals surface area contributed by atoms with E-state index in [1.54, 1.807) is 0 Å². The molecule has 2 atom stereocenters. The predicted octanol–water partition coefficient (Wildman–Crippen LogP) is 1.83. The van der Waals surface area contributed by atoms with Crippen LogP contribution in [-0.2, 0) is 4.79 Å². The number of para-hydroxylation sites is 1. The summed E-state index contributed by atoms with van der Waals surface area (Å²) in [6.07, 6.45) is 3.45. The number of hydrogen-bond acceptors (Lipinski definition) is 3. The highest BCUT2D eigenvalue weighted by Gasteiger charge is 2.28. The molecule has 104 valence electrons. The fourth-order valence-corrected chi connectivity index (χ4v) is 2.77. The molecule has 1 saturated heterocycles. The zero-order chi connectivity index (χ0) is 13.7. The number of anilines is 1. The fourth-order valence-electron chi connectivity index (χ4n) is 2.77. The third-order valence-electron chi connectivity index (χ3n) is 3.85. The van der Waals surface area contributed by atoms with E-state index in [1.165, 1.54) is 6.42 Å². The lowest BCUT2D eigenvalue weighted by molar-refractivity contribution is -0.118. The first-order valence-electron chi connectivity index (χ1n) is 7.01. The molecular weight excluding hydrogens is 238 g/mol. The quantitative estimate of drug-likeness (QED) is 0.869. The van der Waals surface area contributed by atoms with E-state index in [-0.39, 0.29) is 5.91 Å². The standard InChI is InChI=1S/C15H23N3O/c1-12-6-5-9-14(10-16)18(12)11-15(19)17-13-7-3-2-4-8-13/h2-4,7-8,12,14H,5-6,9-11,16H2,1H3,(H,17,19). The Morgan fingerprint density at radius 2 is 2.11 bits per heavy atom. The molecule has 0 bridgehead atoms. The molecule has 2 rings (SSSR count). The van der Waals surface area contributed by atoms with Crippen molar-refractivity contribution < 1.29 is 4.79 Å². The fraction of sp³-hybridized carbons (Fsp3) is 0.533. The van der Waals surface area contributed by atoms with Crippen molar-refractivity contribution in [1.29, 1.82) is 0 Å². The molecule has 0 spiro atoms. The number of carbonyl (C=O) groups is 1. The highest BCUT2D eigenvalue weighted by atomic mass is 16.2. The Balaban J connectivity index is 1.93. The van der Waals surface area contributed by atoms with E-state index in [0.29, 0.717) is 25.2 Å². The van der Waals surface area contributed by atoms with Crippen molar-refractivity contribution in [2.45, 2.75) is 38.3 Å². The summed E-state index contributed by atoms with van der Waals surface area (Å²) in [6, 6.07) is 10.3. The Labute approximate surface area is 115 Å². The maximum atomic E-state index is 12.1. The van der Waals surface area contributed by atoms with Gasteiger partial charge in [-0.15, -0.1) is 0 Å². The van der Waals surface area contributed by atoms with Gasteiger partial charge in [0.15, 0.2) is 0 Å². The van der Waals surface area contributed by atoms with Crippen LogP contribution in [0, 0.1) is 0 Å². The van der Waals surface area contributed by atoms with Gasteiger partial charge in [-0.3, -0.25) is 9.69 Å². The molecule has 2 unspecified atom stereocenters. The lowest BCUT2D eigenvalue weighted by Crippen LogP contribution is -2.51. The Morgan fingerprint density at radius 3 is 2.79 bits per heavy atom. The first-order valence-corrected chi connectivity index (χ1v) is 7.01. The number of likely N-dealkylation sites (tertiary alicyclic amines) is 1. The second kappa shape index (κ2) is 6.68. The summed E-state index contributed by atoms with van der Waals surface area (Å²) in [5, 5.41) is 2.93. The molecule has 4 heteroatoms. The zero-order valence-corrected chi connectivity index (χ0v) is 11.5. The van der Waals surface area contributed by atoms with E-state index < -0.39 is 0 Å². The molecule has 4 nitrogen and oxygen atoms in total. The molecule has 1 aromatic rings. The van der Waals surface area contributed by atoms with Crippen molar-refractivity contribution in [3.8, 4) is 0 Å². The number of piperidine rings is 1. The van der Waals surface area contributed by atoms with Gasteiger partial charge < -0.3 is 11.1 Å². The number of hydrogen-bond donors (Lipinski definition) is 2. The SMILES string of the molecule is CC1CCCC(CN)N1CC(=O)Nc1ccccc1. The monoisotopic (exact) mass is 261 g/mol. The minimum atomic E-state index is 0.0402. The summed E-state index contributed by atoms with van der Waals surface area (Å²) in [5.74, 6) is 0.0402. The number of nitrogens with one attached hydrogen (secondary N) is 1. The van der Waals surface area contributed by atoms with Crippen molar-refractivity contribution in [3.63, 3.8) is 0 Å². The van der Waals surface area contributed by atoms with Crippen molar-refractivity contribution in [2.75, 3.05) is 18.4 Å². The smallest absolute Gasteiger partial charge is 0.238 e. The molecule has 1 amide bonds. The average molecular weight is 261 g/mol. The highest BCUT2D eigenvalue weighted by Crippen LogP contribution is 2.21. The van der Waals surface area contributed by atoms with E-state index in [1.807, 2.05) is 30.3 Å². The van der Waals surface area contributed by atoms with Gasteiger partial charge in [0.25, 0.3) is 0 Å². The normalized spacial score (nSPS) is 24.1. The van der Waals surface area contributed by atoms with Gasteiger partial charge in [-0.25, -0.2) is 0 Å². The van der Waals surface area contributed by atoms with Gasteiger partial charge in [-0.1, -0.05) is 24.6 Å². The molecule has 1 aliphatic rings. The Bertz CT molecular complexity index is 407. The first kappa shape index (κ1) is 14.0. The summed E-state index contributed by atoms with van der Waals surface area (Å²) in [6.45, 7) is 3.23. The minimum Gasteiger partial charge on any atom is -0.329 e. The molecule has 1 heterocycles. The number of nitrogens with zero attached hydrogens (tertiary/aromatic N) is 1. The number of carbonyl (C=O) groups excluding carboxylic acids is 1. The molecule has 1 aromatic carbocycles. The summed E-state index contributed by atoms with van der Waals surface area (Å²) < 4.78 is 0. The van der Waals surface area contributed by atoms with Crippen LogP contribution in [0.4, 0.5) is 5.69 Å². The summed E-state index contributed by atoms with van der Waals surface area (Å²) in [4.78, 5) is 14.3. The van der Waals surface area contributed by atoms with Gasteiger partial charge in [-0.2, -0.15) is 0 Å². The van der Waals surface area contributed by atoms with Crippen LogP contribution in [0.25, 0.3) is 0 Å². The molecule has 19 heavy (non-hydrogen) atoms. The van der Waals surface area contributed by atoms with Crippen molar-refractivity contribution in [3.05, 3.63) is 30.3 Å². The Kier molecular flexibility index (Phi) is 4.93. The van der Waals surface area contributed by atoms with E-state index in [4.69, 9.17) is 5.73 Å². The number of amides is 1. The van der Waals surface area contributed by atoms with Crippen LogP contribution in [0.5, 0.6) is 0 Å². The first-order chi connectivity index (χ1) is 9.20. The van der Waals surface area contributed by atoms with E-state index >= 15 is 0 Å². The van der Waals surface area contributed by atoms with Crippen LogP contribution in [0.15, 0.2) is 30.3 Å². The van der Waals surface area contributed by atoms with Crippen LogP contribution < -0.4 is 11.1 Å². The number of rotatable bonds is 4. The summed E-state index contributed by atoms with van der Waals surface area (Å²) in [5.41, 5.74) is 6.66. The van der Waals surface area contributed by atoms with Gasteiger partial charge in [0.05, 0.1) is 6.54 Å². The summed E-state index contributed by atoms with van der Waals surface area (Å²) in [7, 11) is 0. The molecule has 0 saturated carbocycles. The summed E-state index contributed by atoms with van der Waals surface area (Å²) >= 11 is 0. The zero-order valence-electron chi connectivity index (χ0n) is 11.5. The maximum Gasteiger partial charge on any atom is 0.238 e. The van der Waals surface area contributed by atoms with Crippen LogP contribution in [-0.4, -0.2) is 36.0 Å². The van der Waals surface area contributed by atoms with Gasteiger partial charge in [0.1, 0.15) is 0 Å². The highest BCUT2D eigenvalue weighted by molar-refractivity contribution is 5.92. The van der Waals surface area contributed by atoms with Gasteiger partial charge in [-0.05, 0) is 31.9 Å². The molecule has 3 N–H and O–H groups in total. The maximum absolute atomic E-state index is 12.1. The third kappa shape index (κ3) is 3.78. The van der Waals surface area contributed by atoms with Crippen LogP contribution in [0.2, 0.25) is 0 Å². The second-order valence-electron chi connectivity index (χ2n) is 5.26. The van der Waals surface area contributed by atoms with Crippen LogP contribution in [0.1, 0.15) is 26.2 Å². The second-order valence-corrected chi connectivity index (χ2v) is 5.26. The third-order valence-corrected chi connectivity index (χ3v) is 3.85. The lowest BCUT2D eigenvalue weighted by atomic mass is 9.96. The van der Waals surface area contributed by atoms with Crippen molar-refractivity contribution in [1.82, 2.24) is 4.90 Å². The largest absolute Gasteiger partial charge is 0.329 e. The van der Waals surface area contributed by atoms with E-state index in [0.717, 1.165) is 18.5 Å². The van der Waals surface area contributed by atoms with E-state index in [2.05, 4.69) is 17.1 Å². The van der Waals surface area contributed by atoms with Gasteiger partial charge >= 0.3 is 0 Å². The predicted molar refractivity (Wildman–Crippen MR) is 77.9 cm³/mol. The average Bonchev–Trinajstić information content (AvgIpc) is 2.42. The van der Waals surface area contributed by atoms with E-state index in [9.17, 15) is 4.79 Å². The molecule has 1 fully saturated rings. The molecular formula is C15H23N3O. The van der Waals surface area contributed by atoms with Gasteiger partial charge in [0.2, 0.25) is 5.91 Å². The Morgan fingerprint density at radius 1 is 1.37 bits per heavy atom. The Hall–Kier alpha value is -1.39. The van der Waals surface area contributed by atoms with Crippen molar-refractivity contribution in [2.24, 2.45) is 5.73 Å². The van der Waals surface area contributed by atoms with Crippen LogP contribution >= 0.6 is 0 Å². The van der Waals surface area contributed by atoms with Gasteiger partial charge in [0, 0.05) is 24.3 Å². The van der Waals surface area contributed by atoms with Crippen molar-refractivity contribution >= 4 is 11.6 Å². The number of nitrogens with two attached hydrogens (primary N) is 1. The molecule has 0 radical (unpaired) electrons. The minimum absolute atomic E-state index is 0.0402. The lowest BCUT2D eigenvalue weighted by Gasteiger charge is -2.39. The molecule has 1 aliphatic heterocycles. The topological polar surface area (TPSA) is 58.4 Å². The van der Waals surface area contributed by atoms with Crippen LogP contribution in [0.3, 0.4) is 0 Å². The molecule has 0 aliphatic carbocycles. The molecule has 0 aromatic heterocycles.